The van der Waals surface area contributed by atoms with E-state index in [2.05, 4.69) is 56.8 Å². The lowest BCUT2D eigenvalue weighted by Crippen LogP contribution is -2.31. The van der Waals surface area contributed by atoms with E-state index in [0.29, 0.717) is 19.0 Å². The van der Waals surface area contributed by atoms with Gasteiger partial charge in [-0.05, 0) is 48.4 Å². The lowest BCUT2D eigenvalue weighted by Gasteiger charge is -2.22. The highest BCUT2D eigenvalue weighted by Gasteiger charge is 2.18. The lowest BCUT2D eigenvalue weighted by atomic mass is 10.0. The summed E-state index contributed by atoms with van der Waals surface area (Å²) in [5, 5.41) is 0. The molecule has 142 valence electrons. The highest BCUT2D eigenvalue weighted by Crippen LogP contribution is 2.30. The maximum atomic E-state index is 5.97. The van der Waals surface area contributed by atoms with Crippen LogP contribution in [0.2, 0.25) is 0 Å². The summed E-state index contributed by atoms with van der Waals surface area (Å²) in [6, 6.07) is 12.5. The topological polar surface area (TPSA) is 79.5 Å². The fourth-order valence-corrected chi connectivity index (χ4v) is 3.39. The zero-order chi connectivity index (χ0) is 19.5. The smallest absolute Gasteiger partial charge is 0.131 e. The number of aliphatic imine (C=N–C) groups is 1. The second-order valence-corrected chi connectivity index (χ2v) is 6.69. The molecule has 3 N–H and O–H groups in total. The van der Waals surface area contributed by atoms with E-state index in [1.54, 1.807) is 6.33 Å². The predicted octanol–water partition coefficient (Wildman–Crippen LogP) is 3.83. The summed E-state index contributed by atoms with van der Waals surface area (Å²) in [7, 11) is 0. The van der Waals surface area contributed by atoms with Gasteiger partial charge in [0, 0.05) is 12.1 Å². The molecule has 0 bridgehead atoms. The van der Waals surface area contributed by atoms with Gasteiger partial charge >= 0.3 is 0 Å². The van der Waals surface area contributed by atoms with Gasteiger partial charge in [0.05, 0.1) is 23.9 Å². The van der Waals surface area contributed by atoms with Crippen molar-refractivity contribution in [3.8, 4) is 16.9 Å². The Bertz CT molecular complexity index is 1080. The number of H-pyrrole nitrogens is 1. The van der Waals surface area contributed by atoms with Gasteiger partial charge in [0.25, 0.3) is 0 Å². The molecule has 0 saturated carbocycles. The zero-order valence-electron chi connectivity index (χ0n) is 15.9. The normalized spacial score (nSPS) is 14.8. The first-order valence-electron chi connectivity index (χ1n) is 9.24. The Morgan fingerprint density at radius 3 is 2.93 bits per heavy atom. The third-order valence-electron chi connectivity index (χ3n) is 4.69. The summed E-state index contributed by atoms with van der Waals surface area (Å²) in [5.74, 6) is 1.98. The van der Waals surface area contributed by atoms with E-state index in [0.717, 1.165) is 45.9 Å². The number of nitrogens with zero attached hydrogens (tertiary/aromatic N) is 3. The van der Waals surface area contributed by atoms with Crippen LogP contribution in [0.5, 0.6) is 5.75 Å². The number of imidazole rings is 1. The van der Waals surface area contributed by atoms with Crippen LogP contribution in [0.3, 0.4) is 0 Å². The molecule has 6 heteroatoms. The molecule has 2 heterocycles. The van der Waals surface area contributed by atoms with Crippen molar-refractivity contribution in [3.05, 3.63) is 72.8 Å². The molecule has 0 unspecified atom stereocenters. The molecule has 0 amide bonds. The Morgan fingerprint density at radius 1 is 1.29 bits per heavy atom. The zero-order valence-corrected chi connectivity index (χ0v) is 15.9. The number of benzene rings is 2. The third kappa shape index (κ3) is 3.62. The standard InChI is InChI=1S/C22H23N5O/c1-3-4-22(26-15(2)23)27-9-10-28-21-8-6-16(11-18(21)13-27)17-5-7-19-20(12-17)25-14-24-19/h3-8,11-12,14H,2,9-10,13,23H2,1H3,(H,24,25)/b4-3+,26-22+. The monoisotopic (exact) mass is 373 g/mol. The minimum atomic E-state index is 0.291. The molecule has 4 rings (SSSR count). The van der Waals surface area contributed by atoms with Crippen LogP contribution in [0.15, 0.2) is 72.3 Å². The number of hydrogen-bond acceptors (Lipinski definition) is 4. The number of amidine groups is 1. The molecular weight excluding hydrogens is 350 g/mol. The molecule has 1 aromatic heterocycles. The van der Waals surface area contributed by atoms with Crippen LogP contribution in [0.4, 0.5) is 0 Å². The molecular formula is C22H23N5O. The first-order chi connectivity index (χ1) is 13.6. The van der Waals surface area contributed by atoms with Gasteiger partial charge in [0.15, 0.2) is 0 Å². The predicted molar refractivity (Wildman–Crippen MR) is 113 cm³/mol. The molecule has 0 atom stereocenters. The van der Waals surface area contributed by atoms with Gasteiger partial charge in [-0.1, -0.05) is 24.8 Å². The average molecular weight is 373 g/mol. The molecule has 1 aliphatic rings. The summed E-state index contributed by atoms with van der Waals surface area (Å²) in [5.41, 5.74) is 11.1. The van der Waals surface area contributed by atoms with E-state index in [4.69, 9.17) is 10.5 Å². The minimum Gasteiger partial charge on any atom is -0.491 e. The van der Waals surface area contributed by atoms with Crippen molar-refractivity contribution in [2.75, 3.05) is 13.2 Å². The van der Waals surface area contributed by atoms with E-state index in [1.807, 2.05) is 25.1 Å². The van der Waals surface area contributed by atoms with E-state index < -0.39 is 0 Å². The minimum absolute atomic E-state index is 0.291. The van der Waals surface area contributed by atoms with Crippen molar-refractivity contribution in [3.63, 3.8) is 0 Å². The lowest BCUT2D eigenvalue weighted by molar-refractivity contribution is 0.290. The molecule has 0 saturated heterocycles. The Kier molecular flexibility index (Phi) is 4.85. The van der Waals surface area contributed by atoms with Crippen molar-refractivity contribution in [1.29, 1.82) is 0 Å². The number of allylic oxidation sites excluding steroid dienone is 1. The highest BCUT2D eigenvalue weighted by atomic mass is 16.5. The van der Waals surface area contributed by atoms with E-state index in [9.17, 15) is 0 Å². The fraction of sp³-hybridized carbons (Fsp3) is 0.182. The average Bonchev–Trinajstić information content (AvgIpc) is 3.04. The van der Waals surface area contributed by atoms with Gasteiger partial charge in [-0.2, -0.15) is 0 Å². The van der Waals surface area contributed by atoms with Crippen LogP contribution in [0.1, 0.15) is 12.5 Å². The van der Waals surface area contributed by atoms with Gasteiger partial charge in [-0.15, -0.1) is 0 Å². The Hall–Kier alpha value is -3.54. The summed E-state index contributed by atoms with van der Waals surface area (Å²) in [4.78, 5) is 14.0. The quantitative estimate of drug-likeness (QED) is 0.540. The number of ether oxygens (including phenoxy) is 1. The molecule has 0 fully saturated rings. The highest BCUT2D eigenvalue weighted by molar-refractivity contribution is 5.93. The van der Waals surface area contributed by atoms with Crippen molar-refractivity contribution in [1.82, 2.24) is 14.9 Å². The summed E-state index contributed by atoms with van der Waals surface area (Å²) in [6.07, 6.45) is 5.60. The number of nitrogens with one attached hydrogen (secondary N) is 1. The van der Waals surface area contributed by atoms with E-state index in [1.165, 1.54) is 0 Å². The summed E-state index contributed by atoms with van der Waals surface area (Å²) in [6.45, 7) is 7.65. The van der Waals surface area contributed by atoms with E-state index >= 15 is 0 Å². The second kappa shape index (κ2) is 7.60. The second-order valence-electron chi connectivity index (χ2n) is 6.69. The Balaban J connectivity index is 1.69. The maximum Gasteiger partial charge on any atom is 0.131 e. The van der Waals surface area contributed by atoms with Crippen molar-refractivity contribution in [2.45, 2.75) is 13.5 Å². The van der Waals surface area contributed by atoms with Crippen LogP contribution in [-0.2, 0) is 6.54 Å². The first kappa shape index (κ1) is 17.9. The molecule has 0 spiro atoms. The van der Waals surface area contributed by atoms with Crippen LogP contribution in [-0.4, -0.2) is 33.9 Å². The van der Waals surface area contributed by atoms with Gasteiger partial charge < -0.3 is 20.4 Å². The number of aromatic amines is 1. The number of hydrogen-bond donors (Lipinski definition) is 2. The van der Waals surface area contributed by atoms with Gasteiger partial charge in [-0.25, -0.2) is 9.98 Å². The Labute approximate surface area is 164 Å². The van der Waals surface area contributed by atoms with Crippen LogP contribution in [0.25, 0.3) is 22.2 Å². The summed E-state index contributed by atoms with van der Waals surface area (Å²) >= 11 is 0. The SMILES string of the molecule is C=C(N)/N=C(\C=C\C)N1CCOc2ccc(-c3ccc4[nH]cnc4c3)cc2C1. The molecule has 3 aromatic rings. The maximum absolute atomic E-state index is 5.97. The molecule has 0 aliphatic carbocycles. The number of fused-ring (bicyclic) bond motifs is 2. The van der Waals surface area contributed by atoms with Crippen molar-refractivity contribution >= 4 is 16.9 Å². The molecule has 2 aromatic carbocycles. The van der Waals surface area contributed by atoms with Gasteiger partial charge in [-0.3, -0.25) is 0 Å². The van der Waals surface area contributed by atoms with Crippen LogP contribution >= 0.6 is 0 Å². The van der Waals surface area contributed by atoms with Crippen molar-refractivity contribution < 1.29 is 4.74 Å². The van der Waals surface area contributed by atoms with Gasteiger partial charge in [0.1, 0.15) is 24.0 Å². The molecule has 0 radical (unpaired) electrons. The number of rotatable bonds is 3. The first-order valence-corrected chi connectivity index (χ1v) is 9.24. The molecule has 28 heavy (non-hydrogen) atoms. The van der Waals surface area contributed by atoms with Gasteiger partial charge in [0.2, 0.25) is 0 Å². The van der Waals surface area contributed by atoms with Crippen molar-refractivity contribution in [2.24, 2.45) is 10.7 Å². The summed E-state index contributed by atoms with van der Waals surface area (Å²) < 4.78 is 5.97. The molecule has 1 aliphatic heterocycles. The number of aromatic nitrogens is 2. The third-order valence-corrected chi connectivity index (χ3v) is 4.69. The molecule has 6 nitrogen and oxygen atoms in total. The van der Waals surface area contributed by atoms with Crippen LogP contribution < -0.4 is 10.5 Å². The Morgan fingerprint density at radius 2 is 2.11 bits per heavy atom. The van der Waals surface area contributed by atoms with Crippen LogP contribution in [0, 0.1) is 0 Å². The van der Waals surface area contributed by atoms with E-state index in [-0.39, 0.29) is 0 Å². The number of nitrogens with two attached hydrogens (primary N) is 1. The largest absolute Gasteiger partial charge is 0.491 e. The fourth-order valence-electron chi connectivity index (χ4n) is 3.39.